The van der Waals surface area contributed by atoms with Crippen molar-refractivity contribution in [3.05, 3.63) is 65.2 Å². The highest BCUT2D eigenvalue weighted by Crippen LogP contribution is 2.36. The molecule has 0 radical (unpaired) electrons. The smallest absolute Gasteiger partial charge is 0.234 e. The van der Waals surface area contributed by atoms with Crippen LogP contribution >= 0.6 is 11.3 Å². The number of thiazole rings is 1. The Morgan fingerprint density at radius 1 is 1.15 bits per heavy atom. The maximum atomic E-state index is 12.4. The molecule has 1 aromatic heterocycles. The molecule has 0 bridgehead atoms. The number of nitrogens with zero attached hydrogens (tertiary/aromatic N) is 2. The van der Waals surface area contributed by atoms with E-state index in [9.17, 15) is 4.79 Å². The first kappa shape index (κ1) is 17.2. The van der Waals surface area contributed by atoms with Gasteiger partial charge in [0.05, 0.1) is 22.8 Å². The summed E-state index contributed by atoms with van der Waals surface area (Å²) >= 11 is 1.76. The average Bonchev–Trinajstić information content (AvgIpc) is 3.28. The third-order valence-corrected chi connectivity index (χ3v) is 6.02. The molecule has 134 valence electrons. The Balaban J connectivity index is 1.33. The Morgan fingerprint density at radius 3 is 2.81 bits per heavy atom. The molecule has 1 fully saturated rings. The van der Waals surface area contributed by atoms with Crippen molar-refractivity contribution in [2.24, 2.45) is 0 Å². The van der Waals surface area contributed by atoms with Gasteiger partial charge in [-0.3, -0.25) is 9.69 Å². The van der Waals surface area contributed by atoms with E-state index >= 15 is 0 Å². The highest BCUT2D eigenvalue weighted by molar-refractivity contribution is 7.18. The van der Waals surface area contributed by atoms with Crippen LogP contribution in [-0.4, -0.2) is 35.4 Å². The number of hydrogen-bond acceptors (Lipinski definition) is 4. The van der Waals surface area contributed by atoms with Crippen molar-refractivity contribution in [2.45, 2.75) is 25.3 Å². The first-order valence-corrected chi connectivity index (χ1v) is 10.0. The number of hydrogen-bond donors (Lipinski definition) is 1. The van der Waals surface area contributed by atoms with E-state index in [0.717, 1.165) is 36.3 Å². The van der Waals surface area contributed by atoms with E-state index in [4.69, 9.17) is 4.98 Å². The van der Waals surface area contributed by atoms with Crippen LogP contribution in [0.4, 0.5) is 0 Å². The minimum absolute atomic E-state index is 0.106. The Kier molecular flexibility index (Phi) is 5.27. The van der Waals surface area contributed by atoms with Crippen molar-refractivity contribution in [3.8, 4) is 0 Å². The standard InChI is InChI=1S/C21H23N3OS/c25-20(22-13-12-16-7-2-1-3-8-16)15-24-14-6-10-18(24)21-23-17-9-4-5-11-19(17)26-21/h1-5,7-9,11,18H,6,10,12-15H2,(H,22,25). The van der Waals surface area contributed by atoms with E-state index in [1.54, 1.807) is 11.3 Å². The van der Waals surface area contributed by atoms with Crippen molar-refractivity contribution in [2.75, 3.05) is 19.6 Å². The minimum atomic E-state index is 0.106. The lowest BCUT2D eigenvalue weighted by Crippen LogP contribution is -2.37. The first-order chi connectivity index (χ1) is 12.8. The Labute approximate surface area is 157 Å². The lowest BCUT2D eigenvalue weighted by Gasteiger charge is -2.22. The van der Waals surface area contributed by atoms with Gasteiger partial charge in [-0.05, 0) is 43.5 Å². The van der Waals surface area contributed by atoms with Crippen LogP contribution in [-0.2, 0) is 11.2 Å². The fraction of sp³-hybridized carbons (Fsp3) is 0.333. The van der Waals surface area contributed by atoms with Gasteiger partial charge in [0.25, 0.3) is 0 Å². The zero-order chi connectivity index (χ0) is 17.8. The highest BCUT2D eigenvalue weighted by Gasteiger charge is 2.29. The third kappa shape index (κ3) is 3.94. The molecule has 26 heavy (non-hydrogen) atoms. The molecule has 0 spiro atoms. The summed E-state index contributed by atoms with van der Waals surface area (Å²) in [5, 5.41) is 4.20. The van der Waals surface area contributed by atoms with Crippen molar-refractivity contribution in [1.82, 2.24) is 15.2 Å². The van der Waals surface area contributed by atoms with Gasteiger partial charge in [0.1, 0.15) is 5.01 Å². The first-order valence-electron chi connectivity index (χ1n) is 9.20. The van der Waals surface area contributed by atoms with Crippen LogP contribution in [0.3, 0.4) is 0 Å². The van der Waals surface area contributed by atoms with E-state index in [-0.39, 0.29) is 11.9 Å². The van der Waals surface area contributed by atoms with E-state index < -0.39 is 0 Å². The molecule has 2 aromatic carbocycles. The third-order valence-electron chi connectivity index (χ3n) is 4.88. The molecule has 1 unspecified atom stereocenters. The molecule has 0 saturated carbocycles. The summed E-state index contributed by atoms with van der Waals surface area (Å²) < 4.78 is 1.22. The number of nitrogens with one attached hydrogen (secondary N) is 1. The van der Waals surface area contributed by atoms with Crippen molar-refractivity contribution in [3.63, 3.8) is 0 Å². The number of rotatable bonds is 6. The molecule has 1 amide bonds. The number of amides is 1. The maximum absolute atomic E-state index is 12.4. The second-order valence-electron chi connectivity index (χ2n) is 6.73. The van der Waals surface area contributed by atoms with Crippen LogP contribution in [0.2, 0.25) is 0 Å². The maximum Gasteiger partial charge on any atom is 0.234 e. The molecule has 1 aliphatic heterocycles. The molecule has 5 heteroatoms. The predicted octanol–water partition coefficient (Wildman–Crippen LogP) is 3.79. The van der Waals surface area contributed by atoms with Crippen LogP contribution in [0, 0.1) is 0 Å². The van der Waals surface area contributed by atoms with Crippen molar-refractivity contribution in [1.29, 1.82) is 0 Å². The van der Waals surface area contributed by atoms with E-state index in [0.29, 0.717) is 13.1 Å². The predicted molar refractivity (Wildman–Crippen MR) is 106 cm³/mol. The van der Waals surface area contributed by atoms with Gasteiger partial charge in [-0.1, -0.05) is 42.5 Å². The minimum Gasteiger partial charge on any atom is -0.355 e. The number of benzene rings is 2. The molecule has 1 saturated heterocycles. The van der Waals surface area contributed by atoms with Gasteiger partial charge in [0.15, 0.2) is 0 Å². The van der Waals surface area contributed by atoms with Crippen LogP contribution in [0.25, 0.3) is 10.2 Å². The average molecular weight is 366 g/mol. The Hall–Kier alpha value is -2.24. The molecule has 3 aromatic rings. The number of likely N-dealkylation sites (tertiary alicyclic amines) is 1. The molecular formula is C21H23N3OS. The second-order valence-corrected chi connectivity index (χ2v) is 7.80. The van der Waals surface area contributed by atoms with Crippen LogP contribution in [0.15, 0.2) is 54.6 Å². The van der Waals surface area contributed by atoms with Crippen LogP contribution in [0.5, 0.6) is 0 Å². The number of carbonyl (C=O) groups is 1. The largest absolute Gasteiger partial charge is 0.355 e. The molecule has 2 heterocycles. The zero-order valence-electron chi connectivity index (χ0n) is 14.7. The summed E-state index contributed by atoms with van der Waals surface area (Å²) in [5.41, 5.74) is 2.31. The highest BCUT2D eigenvalue weighted by atomic mass is 32.1. The summed E-state index contributed by atoms with van der Waals surface area (Å²) in [6.07, 6.45) is 3.07. The van der Waals surface area contributed by atoms with Gasteiger partial charge in [-0.25, -0.2) is 4.98 Å². The number of carbonyl (C=O) groups excluding carboxylic acids is 1. The van der Waals surface area contributed by atoms with Gasteiger partial charge < -0.3 is 5.32 Å². The molecule has 4 nitrogen and oxygen atoms in total. The Morgan fingerprint density at radius 2 is 1.96 bits per heavy atom. The van der Waals surface area contributed by atoms with E-state index in [1.165, 1.54) is 10.3 Å². The normalized spacial score (nSPS) is 17.6. The summed E-state index contributed by atoms with van der Waals surface area (Å²) in [4.78, 5) is 19.4. The zero-order valence-corrected chi connectivity index (χ0v) is 15.5. The molecule has 4 rings (SSSR count). The van der Waals surface area contributed by atoms with E-state index in [2.05, 4.69) is 40.5 Å². The SMILES string of the molecule is O=C(CN1CCCC1c1nc2ccccc2s1)NCCc1ccccc1. The summed E-state index contributed by atoms with van der Waals surface area (Å²) in [5.74, 6) is 0.106. The topological polar surface area (TPSA) is 45.2 Å². The van der Waals surface area contributed by atoms with Gasteiger partial charge in [-0.15, -0.1) is 11.3 Å². The summed E-state index contributed by atoms with van der Waals surface area (Å²) in [6.45, 7) is 2.10. The quantitative estimate of drug-likeness (QED) is 0.723. The summed E-state index contributed by atoms with van der Waals surface area (Å²) in [7, 11) is 0. The lowest BCUT2D eigenvalue weighted by atomic mass is 10.1. The number of para-hydroxylation sites is 1. The van der Waals surface area contributed by atoms with Crippen LogP contribution < -0.4 is 5.32 Å². The van der Waals surface area contributed by atoms with Gasteiger partial charge in [0.2, 0.25) is 5.91 Å². The fourth-order valence-corrected chi connectivity index (χ4v) is 4.70. The monoisotopic (exact) mass is 365 g/mol. The van der Waals surface area contributed by atoms with Gasteiger partial charge >= 0.3 is 0 Å². The van der Waals surface area contributed by atoms with Crippen molar-refractivity contribution < 1.29 is 4.79 Å². The number of aromatic nitrogens is 1. The van der Waals surface area contributed by atoms with Crippen LogP contribution in [0.1, 0.15) is 29.5 Å². The number of fused-ring (bicyclic) bond motifs is 1. The van der Waals surface area contributed by atoms with Crippen molar-refractivity contribution >= 4 is 27.5 Å². The molecule has 1 N–H and O–H groups in total. The lowest BCUT2D eigenvalue weighted by molar-refractivity contribution is -0.122. The van der Waals surface area contributed by atoms with Gasteiger partial charge in [-0.2, -0.15) is 0 Å². The molecule has 1 atom stereocenters. The van der Waals surface area contributed by atoms with E-state index in [1.807, 2.05) is 24.3 Å². The molecule has 0 aliphatic carbocycles. The molecular weight excluding hydrogens is 342 g/mol. The Bertz CT molecular complexity index is 844. The fourth-order valence-electron chi connectivity index (χ4n) is 3.56. The molecule has 1 aliphatic rings. The second kappa shape index (κ2) is 7.98. The summed E-state index contributed by atoms with van der Waals surface area (Å²) in [6, 6.07) is 18.8. The van der Waals surface area contributed by atoms with Gasteiger partial charge in [0, 0.05) is 6.54 Å².